The highest BCUT2D eigenvalue weighted by atomic mass is 16.5. The van der Waals surface area contributed by atoms with Crippen molar-refractivity contribution in [3.8, 4) is 0 Å². The molecule has 2 aromatic rings. The van der Waals surface area contributed by atoms with Gasteiger partial charge in [0.15, 0.2) is 0 Å². The maximum atomic E-state index is 12.4. The summed E-state index contributed by atoms with van der Waals surface area (Å²) in [7, 11) is 1.32. The standard InChI is InChI=1S/C18H19NO3/c1-13-8-6-7-11-15(13)17(20)19-16(18(21)22-2)12-14-9-4-3-5-10-14/h3-11,16H,12H2,1-2H3,(H,19,20)/t16-/m0/s1. The molecule has 4 heteroatoms. The van der Waals surface area contributed by atoms with Gasteiger partial charge in [0.2, 0.25) is 0 Å². The summed E-state index contributed by atoms with van der Waals surface area (Å²) in [6.07, 6.45) is 0.394. The van der Waals surface area contributed by atoms with Gasteiger partial charge >= 0.3 is 5.97 Å². The molecule has 2 aromatic carbocycles. The summed E-state index contributed by atoms with van der Waals surface area (Å²) in [6.45, 7) is 1.86. The quantitative estimate of drug-likeness (QED) is 0.863. The van der Waals surface area contributed by atoms with Crippen molar-refractivity contribution in [1.82, 2.24) is 5.32 Å². The van der Waals surface area contributed by atoms with Crippen molar-refractivity contribution in [2.24, 2.45) is 0 Å². The second kappa shape index (κ2) is 7.41. The minimum absolute atomic E-state index is 0.274. The summed E-state index contributed by atoms with van der Waals surface area (Å²) < 4.78 is 4.80. The van der Waals surface area contributed by atoms with E-state index in [-0.39, 0.29) is 5.91 Å². The lowest BCUT2D eigenvalue weighted by Gasteiger charge is -2.17. The molecule has 1 amide bonds. The van der Waals surface area contributed by atoms with E-state index < -0.39 is 12.0 Å². The lowest BCUT2D eigenvalue weighted by atomic mass is 10.0. The van der Waals surface area contributed by atoms with Gasteiger partial charge in [0.1, 0.15) is 6.04 Å². The fourth-order valence-corrected chi connectivity index (χ4v) is 2.25. The van der Waals surface area contributed by atoms with Crippen molar-refractivity contribution in [1.29, 1.82) is 0 Å². The number of benzene rings is 2. The molecule has 114 valence electrons. The molecule has 1 atom stereocenters. The lowest BCUT2D eigenvalue weighted by molar-refractivity contribution is -0.142. The van der Waals surface area contributed by atoms with E-state index in [2.05, 4.69) is 5.32 Å². The van der Waals surface area contributed by atoms with Gasteiger partial charge in [-0.05, 0) is 24.1 Å². The van der Waals surface area contributed by atoms with Gasteiger partial charge in [-0.3, -0.25) is 4.79 Å². The zero-order valence-electron chi connectivity index (χ0n) is 12.7. The molecule has 0 fully saturated rings. The predicted molar refractivity (Wildman–Crippen MR) is 84.6 cm³/mol. The third kappa shape index (κ3) is 3.95. The minimum atomic E-state index is -0.709. The van der Waals surface area contributed by atoms with Crippen LogP contribution in [0.1, 0.15) is 21.5 Å². The van der Waals surface area contributed by atoms with E-state index in [1.807, 2.05) is 49.4 Å². The van der Waals surface area contributed by atoms with Crippen LogP contribution in [-0.4, -0.2) is 25.0 Å². The van der Waals surface area contributed by atoms with Crippen LogP contribution in [0.25, 0.3) is 0 Å². The van der Waals surface area contributed by atoms with Crippen molar-refractivity contribution in [2.75, 3.05) is 7.11 Å². The van der Waals surface area contributed by atoms with Crippen molar-refractivity contribution < 1.29 is 14.3 Å². The van der Waals surface area contributed by atoms with E-state index in [9.17, 15) is 9.59 Å². The molecule has 22 heavy (non-hydrogen) atoms. The number of ether oxygens (including phenoxy) is 1. The summed E-state index contributed by atoms with van der Waals surface area (Å²) in [5.41, 5.74) is 2.38. The fraction of sp³-hybridized carbons (Fsp3) is 0.222. The Balaban J connectivity index is 2.15. The molecule has 0 aliphatic rings. The second-order valence-electron chi connectivity index (χ2n) is 5.05. The number of hydrogen-bond acceptors (Lipinski definition) is 3. The first-order chi connectivity index (χ1) is 10.6. The summed E-state index contributed by atoms with van der Waals surface area (Å²) in [5.74, 6) is -0.727. The third-order valence-corrected chi connectivity index (χ3v) is 3.46. The highest BCUT2D eigenvalue weighted by Crippen LogP contribution is 2.09. The highest BCUT2D eigenvalue weighted by molar-refractivity contribution is 5.98. The minimum Gasteiger partial charge on any atom is -0.467 e. The molecule has 0 unspecified atom stereocenters. The monoisotopic (exact) mass is 297 g/mol. The normalized spacial score (nSPS) is 11.5. The molecule has 4 nitrogen and oxygen atoms in total. The number of nitrogens with one attached hydrogen (secondary N) is 1. The maximum Gasteiger partial charge on any atom is 0.328 e. The molecule has 0 heterocycles. The summed E-state index contributed by atoms with van der Waals surface area (Å²) >= 11 is 0. The van der Waals surface area contributed by atoms with Crippen LogP contribution in [-0.2, 0) is 16.0 Å². The Labute approximate surface area is 130 Å². The van der Waals surface area contributed by atoms with Crippen molar-refractivity contribution in [3.63, 3.8) is 0 Å². The van der Waals surface area contributed by atoms with Crippen LogP contribution >= 0.6 is 0 Å². The Bertz CT molecular complexity index is 652. The first-order valence-corrected chi connectivity index (χ1v) is 7.10. The molecular weight excluding hydrogens is 278 g/mol. The lowest BCUT2D eigenvalue weighted by Crippen LogP contribution is -2.43. The Morgan fingerprint density at radius 3 is 2.32 bits per heavy atom. The van der Waals surface area contributed by atoms with Gasteiger partial charge in [-0.1, -0.05) is 48.5 Å². The first-order valence-electron chi connectivity index (χ1n) is 7.10. The highest BCUT2D eigenvalue weighted by Gasteiger charge is 2.23. The zero-order chi connectivity index (χ0) is 15.9. The van der Waals surface area contributed by atoms with Crippen molar-refractivity contribution in [2.45, 2.75) is 19.4 Å². The molecule has 2 rings (SSSR count). The van der Waals surface area contributed by atoms with E-state index in [0.29, 0.717) is 12.0 Å². The van der Waals surface area contributed by atoms with Gasteiger partial charge in [-0.2, -0.15) is 0 Å². The third-order valence-electron chi connectivity index (χ3n) is 3.46. The number of methoxy groups -OCH3 is 1. The van der Waals surface area contributed by atoms with E-state index in [0.717, 1.165) is 11.1 Å². The Hall–Kier alpha value is -2.62. The SMILES string of the molecule is COC(=O)[C@H](Cc1ccccc1)NC(=O)c1ccccc1C. The fourth-order valence-electron chi connectivity index (χ4n) is 2.25. The first kappa shape index (κ1) is 15.8. The molecule has 0 saturated heterocycles. The van der Waals surface area contributed by atoms with Crippen LogP contribution in [0.3, 0.4) is 0 Å². The molecule has 0 bridgehead atoms. The summed E-state index contributed by atoms with van der Waals surface area (Å²) in [5, 5.41) is 2.76. The van der Waals surface area contributed by atoms with Gasteiger partial charge < -0.3 is 10.1 Å². The number of rotatable bonds is 5. The molecule has 0 saturated carbocycles. The van der Waals surface area contributed by atoms with Crippen LogP contribution in [0.2, 0.25) is 0 Å². The van der Waals surface area contributed by atoms with Crippen molar-refractivity contribution in [3.05, 3.63) is 71.3 Å². The van der Waals surface area contributed by atoms with Gasteiger partial charge in [-0.25, -0.2) is 4.79 Å². The Morgan fingerprint density at radius 2 is 1.68 bits per heavy atom. The predicted octanol–water partition coefficient (Wildman–Crippen LogP) is 2.51. The van der Waals surface area contributed by atoms with Gasteiger partial charge in [0.25, 0.3) is 5.91 Å². The molecule has 0 radical (unpaired) electrons. The topological polar surface area (TPSA) is 55.4 Å². The molecule has 0 spiro atoms. The average molecular weight is 297 g/mol. The molecular formula is C18H19NO3. The van der Waals surface area contributed by atoms with Crippen LogP contribution in [0.4, 0.5) is 0 Å². The van der Waals surface area contributed by atoms with Gasteiger partial charge in [0.05, 0.1) is 7.11 Å². The second-order valence-corrected chi connectivity index (χ2v) is 5.05. The number of hydrogen-bond donors (Lipinski definition) is 1. The van der Waals surface area contributed by atoms with E-state index >= 15 is 0 Å². The smallest absolute Gasteiger partial charge is 0.328 e. The van der Waals surface area contributed by atoms with Crippen LogP contribution in [0.5, 0.6) is 0 Å². The number of esters is 1. The van der Waals surface area contributed by atoms with Crippen LogP contribution in [0, 0.1) is 6.92 Å². The Morgan fingerprint density at radius 1 is 1.05 bits per heavy atom. The van der Waals surface area contributed by atoms with Crippen LogP contribution in [0.15, 0.2) is 54.6 Å². The zero-order valence-corrected chi connectivity index (χ0v) is 12.7. The summed E-state index contributed by atoms with van der Waals surface area (Å²) in [4.78, 5) is 24.3. The maximum absolute atomic E-state index is 12.4. The number of amides is 1. The van der Waals surface area contributed by atoms with Gasteiger partial charge in [0, 0.05) is 12.0 Å². The number of carbonyl (C=O) groups is 2. The summed E-state index contributed by atoms with van der Waals surface area (Å²) in [6, 6.07) is 16.1. The Kier molecular flexibility index (Phi) is 5.31. The molecule has 0 aromatic heterocycles. The number of carbonyl (C=O) groups excluding carboxylic acids is 2. The average Bonchev–Trinajstić information content (AvgIpc) is 2.54. The van der Waals surface area contributed by atoms with Crippen molar-refractivity contribution >= 4 is 11.9 Å². The largest absolute Gasteiger partial charge is 0.467 e. The van der Waals surface area contributed by atoms with Gasteiger partial charge in [-0.15, -0.1) is 0 Å². The molecule has 1 N–H and O–H groups in total. The van der Waals surface area contributed by atoms with Crippen LogP contribution < -0.4 is 5.32 Å². The van der Waals surface area contributed by atoms with E-state index in [1.165, 1.54) is 7.11 Å². The molecule has 0 aliphatic carbocycles. The number of aryl methyl sites for hydroxylation is 1. The van der Waals surface area contributed by atoms with E-state index in [4.69, 9.17) is 4.74 Å². The van der Waals surface area contributed by atoms with E-state index in [1.54, 1.807) is 12.1 Å². The molecule has 0 aliphatic heterocycles.